The highest BCUT2D eigenvalue weighted by atomic mass is 15.3. The van der Waals surface area contributed by atoms with Crippen molar-refractivity contribution in [3.05, 3.63) is 59.9 Å². The van der Waals surface area contributed by atoms with Gasteiger partial charge in [-0.05, 0) is 29.1 Å². The van der Waals surface area contributed by atoms with E-state index >= 15 is 0 Å². The van der Waals surface area contributed by atoms with Crippen LogP contribution in [0, 0.1) is 11.3 Å². The van der Waals surface area contributed by atoms with E-state index in [2.05, 4.69) is 50.1 Å². The molecule has 0 amide bonds. The van der Waals surface area contributed by atoms with E-state index in [-0.39, 0.29) is 0 Å². The maximum Gasteiger partial charge on any atom is 0.146 e. The molecule has 0 saturated carbocycles. The van der Waals surface area contributed by atoms with Crippen LogP contribution in [-0.2, 0) is 6.54 Å². The zero-order valence-electron chi connectivity index (χ0n) is 13.4. The number of hydrogen-bond donors (Lipinski definition) is 1. The minimum atomic E-state index is 0.655. The van der Waals surface area contributed by atoms with Gasteiger partial charge in [-0.15, -0.1) is 0 Å². The topological polar surface area (TPSA) is 59.0 Å². The molecule has 5 nitrogen and oxygen atoms in total. The summed E-state index contributed by atoms with van der Waals surface area (Å²) < 4.78 is 0. The van der Waals surface area contributed by atoms with Gasteiger partial charge < -0.3 is 9.88 Å². The van der Waals surface area contributed by atoms with Gasteiger partial charge in [0, 0.05) is 50.6 Å². The SMILES string of the molecule is N#Cc1cccnc1N1CCN(Cc2cccc3cc[nH]c23)CC1. The summed E-state index contributed by atoms with van der Waals surface area (Å²) in [5, 5.41) is 10.5. The molecule has 0 atom stereocenters. The smallest absolute Gasteiger partial charge is 0.146 e. The summed E-state index contributed by atoms with van der Waals surface area (Å²) in [5.41, 5.74) is 3.22. The van der Waals surface area contributed by atoms with Gasteiger partial charge in [0.15, 0.2) is 0 Å². The summed E-state index contributed by atoms with van der Waals surface area (Å²) in [6.07, 6.45) is 3.76. The number of pyridine rings is 1. The van der Waals surface area contributed by atoms with E-state index in [1.54, 1.807) is 6.20 Å². The lowest BCUT2D eigenvalue weighted by atomic mass is 10.1. The average Bonchev–Trinajstić information content (AvgIpc) is 3.12. The average molecular weight is 317 g/mol. The van der Waals surface area contributed by atoms with Crippen molar-refractivity contribution in [2.24, 2.45) is 0 Å². The fraction of sp³-hybridized carbons (Fsp3) is 0.263. The van der Waals surface area contributed by atoms with Crippen LogP contribution in [-0.4, -0.2) is 41.0 Å². The van der Waals surface area contributed by atoms with Gasteiger partial charge >= 0.3 is 0 Å². The second kappa shape index (κ2) is 6.34. The van der Waals surface area contributed by atoms with Crippen molar-refractivity contribution < 1.29 is 0 Å². The number of rotatable bonds is 3. The number of H-pyrrole nitrogens is 1. The molecular formula is C19H19N5. The normalized spacial score (nSPS) is 15.5. The monoisotopic (exact) mass is 317 g/mol. The van der Waals surface area contributed by atoms with E-state index in [0.29, 0.717) is 5.56 Å². The third kappa shape index (κ3) is 2.72. The van der Waals surface area contributed by atoms with Gasteiger partial charge in [0.05, 0.1) is 5.56 Å². The predicted molar refractivity (Wildman–Crippen MR) is 94.7 cm³/mol. The van der Waals surface area contributed by atoms with Crippen molar-refractivity contribution in [3.63, 3.8) is 0 Å². The Kier molecular flexibility index (Phi) is 3.89. The number of para-hydroxylation sites is 1. The molecule has 0 bridgehead atoms. The molecule has 1 aliphatic rings. The van der Waals surface area contributed by atoms with E-state index in [1.807, 2.05) is 18.3 Å². The van der Waals surface area contributed by atoms with Crippen molar-refractivity contribution in [1.29, 1.82) is 5.26 Å². The van der Waals surface area contributed by atoms with Crippen LogP contribution in [0.15, 0.2) is 48.8 Å². The Labute approximate surface area is 141 Å². The fourth-order valence-electron chi connectivity index (χ4n) is 3.38. The van der Waals surface area contributed by atoms with Gasteiger partial charge in [0.25, 0.3) is 0 Å². The number of nitrogens with one attached hydrogen (secondary N) is 1. The molecule has 0 unspecified atom stereocenters. The maximum atomic E-state index is 9.25. The zero-order chi connectivity index (χ0) is 16.4. The molecule has 1 aliphatic heterocycles. The van der Waals surface area contributed by atoms with Gasteiger partial charge in [0.2, 0.25) is 0 Å². The van der Waals surface area contributed by atoms with Crippen molar-refractivity contribution in [3.8, 4) is 6.07 Å². The minimum absolute atomic E-state index is 0.655. The first-order chi connectivity index (χ1) is 11.8. The summed E-state index contributed by atoms with van der Waals surface area (Å²) in [7, 11) is 0. The molecule has 2 aromatic heterocycles. The highest BCUT2D eigenvalue weighted by molar-refractivity contribution is 5.82. The Hall–Kier alpha value is -2.84. The van der Waals surface area contributed by atoms with Gasteiger partial charge in [0.1, 0.15) is 11.9 Å². The highest BCUT2D eigenvalue weighted by Gasteiger charge is 2.20. The summed E-state index contributed by atoms with van der Waals surface area (Å²) in [5.74, 6) is 0.811. The Morgan fingerprint density at radius 3 is 2.79 bits per heavy atom. The number of hydrogen-bond acceptors (Lipinski definition) is 4. The third-order valence-corrected chi connectivity index (χ3v) is 4.65. The number of nitriles is 1. The van der Waals surface area contributed by atoms with Crippen LogP contribution < -0.4 is 4.90 Å². The zero-order valence-corrected chi connectivity index (χ0v) is 13.4. The number of fused-ring (bicyclic) bond motifs is 1. The molecule has 4 rings (SSSR count). The second-order valence-electron chi connectivity index (χ2n) is 6.11. The Morgan fingerprint density at radius 2 is 1.96 bits per heavy atom. The lowest BCUT2D eigenvalue weighted by molar-refractivity contribution is 0.250. The molecular weight excluding hydrogens is 298 g/mol. The second-order valence-corrected chi connectivity index (χ2v) is 6.11. The molecule has 1 N–H and O–H groups in total. The van der Waals surface area contributed by atoms with Gasteiger partial charge in [-0.3, -0.25) is 4.90 Å². The Balaban J connectivity index is 1.45. The maximum absolute atomic E-state index is 9.25. The molecule has 0 radical (unpaired) electrons. The summed E-state index contributed by atoms with van der Waals surface area (Å²) in [6.45, 7) is 4.68. The van der Waals surface area contributed by atoms with Crippen molar-refractivity contribution in [1.82, 2.24) is 14.9 Å². The van der Waals surface area contributed by atoms with E-state index in [0.717, 1.165) is 38.5 Å². The quantitative estimate of drug-likeness (QED) is 0.807. The van der Waals surface area contributed by atoms with Crippen LogP contribution in [0.3, 0.4) is 0 Å². The fourth-order valence-corrected chi connectivity index (χ4v) is 3.38. The number of anilines is 1. The molecule has 24 heavy (non-hydrogen) atoms. The Bertz CT molecular complexity index is 884. The predicted octanol–water partition coefficient (Wildman–Crippen LogP) is 2.76. The molecule has 3 aromatic rings. The van der Waals surface area contributed by atoms with Crippen molar-refractivity contribution in [2.75, 3.05) is 31.1 Å². The lowest BCUT2D eigenvalue weighted by Gasteiger charge is -2.35. The van der Waals surface area contributed by atoms with Gasteiger partial charge in [-0.1, -0.05) is 18.2 Å². The number of benzene rings is 1. The van der Waals surface area contributed by atoms with Crippen LogP contribution >= 0.6 is 0 Å². The molecule has 1 fully saturated rings. The molecule has 0 spiro atoms. The van der Waals surface area contributed by atoms with Crippen molar-refractivity contribution >= 4 is 16.7 Å². The largest absolute Gasteiger partial charge is 0.361 e. The molecule has 1 saturated heterocycles. The van der Waals surface area contributed by atoms with E-state index in [9.17, 15) is 5.26 Å². The van der Waals surface area contributed by atoms with Crippen LogP contribution in [0.4, 0.5) is 5.82 Å². The number of piperazine rings is 1. The number of aromatic amines is 1. The molecule has 1 aromatic carbocycles. The van der Waals surface area contributed by atoms with Crippen LogP contribution in [0.1, 0.15) is 11.1 Å². The van der Waals surface area contributed by atoms with Crippen LogP contribution in [0.5, 0.6) is 0 Å². The first kappa shape index (κ1) is 14.7. The van der Waals surface area contributed by atoms with Gasteiger partial charge in [-0.25, -0.2) is 4.98 Å². The molecule has 0 aliphatic carbocycles. The van der Waals surface area contributed by atoms with E-state index in [4.69, 9.17) is 0 Å². The van der Waals surface area contributed by atoms with Crippen molar-refractivity contribution in [2.45, 2.75) is 6.54 Å². The van der Waals surface area contributed by atoms with E-state index in [1.165, 1.54) is 16.5 Å². The van der Waals surface area contributed by atoms with E-state index < -0.39 is 0 Å². The standard InChI is InChI=1S/C19H19N5/c20-13-16-5-2-7-22-19(16)24-11-9-23(10-12-24)14-17-4-1-3-15-6-8-21-18(15)17/h1-8,21H,9-12,14H2. The first-order valence-corrected chi connectivity index (χ1v) is 8.22. The first-order valence-electron chi connectivity index (χ1n) is 8.22. The molecule has 3 heterocycles. The summed E-state index contributed by atoms with van der Waals surface area (Å²) in [4.78, 5) is 12.4. The lowest BCUT2D eigenvalue weighted by Crippen LogP contribution is -2.46. The van der Waals surface area contributed by atoms with Gasteiger partial charge in [-0.2, -0.15) is 5.26 Å². The van der Waals surface area contributed by atoms with Crippen LogP contribution in [0.25, 0.3) is 10.9 Å². The summed E-state index contributed by atoms with van der Waals surface area (Å²) in [6, 6.07) is 14.4. The minimum Gasteiger partial charge on any atom is -0.361 e. The number of aromatic nitrogens is 2. The molecule has 5 heteroatoms. The van der Waals surface area contributed by atoms with Crippen LogP contribution in [0.2, 0.25) is 0 Å². The highest BCUT2D eigenvalue weighted by Crippen LogP contribution is 2.21. The number of nitrogens with zero attached hydrogens (tertiary/aromatic N) is 4. The molecule has 120 valence electrons. The summed E-state index contributed by atoms with van der Waals surface area (Å²) >= 11 is 0. The third-order valence-electron chi connectivity index (χ3n) is 4.65. The Morgan fingerprint density at radius 1 is 1.08 bits per heavy atom.